The Balaban J connectivity index is 1.56. The highest BCUT2D eigenvalue weighted by Crippen LogP contribution is 2.77. The molecular formula is C30H47NO5. The lowest BCUT2D eigenvalue weighted by Crippen LogP contribution is -2.67. The molecule has 5 rings (SSSR count). The van der Waals surface area contributed by atoms with E-state index in [1.54, 1.807) is 0 Å². The third-order valence-corrected chi connectivity index (χ3v) is 13.6. The van der Waals surface area contributed by atoms with E-state index in [0.717, 1.165) is 62.7 Å². The summed E-state index contributed by atoms with van der Waals surface area (Å²) in [6.07, 6.45) is 8.99. The van der Waals surface area contributed by atoms with E-state index >= 15 is 0 Å². The van der Waals surface area contributed by atoms with Gasteiger partial charge in [-0.2, -0.15) is 0 Å². The van der Waals surface area contributed by atoms with Gasteiger partial charge in [0.2, 0.25) is 0 Å². The van der Waals surface area contributed by atoms with Gasteiger partial charge in [0, 0.05) is 5.41 Å². The summed E-state index contributed by atoms with van der Waals surface area (Å²) in [6, 6.07) is 0. The van der Waals surface area contributed by atoms with Gasteiger partial charge in [0.1, 0.15) is 0 Å². The predicted molar refractivity (Wildman–Crippen MR) is 139 cm³/mol. The fourth-order valence-corrected chi connectivity index (χ4v) is 11.5. The summed E-state index contributed by atoms with van der Waals surface area (Å²) < 4.78 is 0. The molecule has 0 heterocycles. The first-order valence-electron chi connectivity index (χ1n) is 14.2. The normalized spacial score (nSPS) is 53.2. The van der Waals surface area contributed by atoms with E-state index in [4.69, 9.17) is 0 Å². The van der Waals surface area contributed by atoms with Crippen LogP contribution < -0.4 is 0 Å². The van der Waals surface area contributed by atoms with Gasteiger partial charge in [0.15, 0.2) is 0 Å². The summed E-state index contributed by atoms with van der Waals surface area (Å²) in [5.74, 6) is 0.532. The molecule has 0 aromatic heterocycles. The van der Waals surface area contributed by atoms with Crippen molar-refractivity contribution >= 4 is 11.7 Å². The summed E-state index contributed by atoms with van der Waals surface area (Å²) in [5, 5.41) is 44.4. The van der Waals surface area contributed by atoms with E-state index in [9.17, 15) is 25.3 Å². The van der Waals surface area contributed by atoms with Crippen molar-refractivity contribution in [3.05, 3.63) is 12.2 Å². The topological polar surface area (TPSA) is 110 Å². The molecule has 36 heavy (non-hydrogen) atoms. The Hall–Kier alpha value is -1.40. The quantitative estimate of drug-likeness (QED) is 0.231. The SMILES string of the molecule is C=C(CO)[C@@H]1CC[C@]2(C(=O)O)CC[C@]3(C)[C@H](CC[C@@H]4[C@@]5(C)CC/C(=N/O)C(C)(CO)[C@@H]5CC[C@]43C)[C@@H]12. The van der Waals surface area contributed by atoms with E-state index < -0.39 is 16.8 Å². The maximum Gasteiger partial charge on any atom is 0.309 e. The van der Waals surface area contributed by atoms with Crippen molar-refractivity contribution in [1.29, 1.82) is 0 Å². The summed E-state index contributed by atoms with van der Waals surface area (Å²) in [4.78, 5) is 12.8. The maximum absolute atomic E-state index is 12.8. The first-order valence-corrected chi connectivity index (χ1v) is 14.2. The molecule has 5 aliphatic carbocycles. The zero-order valence-electron chi connectivity index (χ0n) is 22.7. The smallest absolute Gasteiger partial charge is 0.309 e. The number of oxime groups is 1. The lowest BCUT2D eigenvalue weighted by Gasteiger charge is -2.72. The van der Waals surface area contributed by atoms with E-state index in [1.807, 2.05) is 0 Å². The standard InChI is InChI=1S/C30H47NO5/c1-18(16-32)19-8-13-30(25(34)35)15-14-28(4)20(24(19)30)6-7-22-26(2)11-10-23(31-36)27(3,17-33)21(26)9-12-29(22,28)5/h19-22,24,32-33,36H,1,6-17H2,2-5H3,(H,34,35)/b31-23-/t19-,20+,21+,22+,24+,26-,27?,28+,29+,30-/m0/s1. The Labute approximate surface area is 216 Å². The number of carboxylic acid groups (broad SMARTS) is 1. The Kier molecular flexibility index (Phi) is 6.04. The number of nitrogens with zero attached hydrogens (tertiary/aromatic N) is 1. The van der Waals surface area contributed by atoms with Crippen LogP contribution in [0.25, 0.3) is 0 Å². The van der Waals surface area contributed by atoms with Crippen molar-refractivity contribution in [2.24, 2.45) is 61.8 Å². The second kappa shape index (κ2) is 8.30. The van der Waals surface area contributed by atoms with Crippen molar-refractivity contribution in [1.82, 2.24) is 0 Å². The predicted octanol–water partition coefficient (Wildman–Crippen LogP) is 5.50. The number of carboxylic acids is 1. The molecule has 0 spiro atoms. The Bertz CT molecular complexity index is 978. The molecule has 1 unspecified atom stereocenters. The van der Waals surface area contributed by atoms with Crippen molar-refractivity contribution in [3.8, 4) is 0 Å². The summed E-state index contributed by atoms with van der Waals surface area (Å²) in [6.45, 7) is 13.6. The highest BCUT2D eigenvalue weighted by Gasteiger charge is 2.72. The number of aliphatic hydroxyl groups excluding tert-OH is 2. The maximum atomic E-state index is 12.8. The van der Waals surface area contributed by atoms with E-state index in [-0.39, 0.29) is 47.2 Å². The highest BCUT2D eigenvalue weighted by molar-refractivity contribution is 5.91. The number of hydrogen-bond donors (Lipinski definition) is 4. The Morgan fingerprint density at radius 1 is 0.944 bits per heavy atom. The van der Waals surface area contributed by atoms with Crippen molar-refractivity contribution in [2.45, 2.75) is 91.9 Å². The number of aliphatic carboxylic acids is 1. The largest absolute Gasteiger partial charge is 0.481 e. The first-order chi connectivity index (χ1) is 16.9. The molecule has 5 fully saturated rings. The highest BCUT2D eigenvalue weighted by atomic mass is 16.4. The van der Waals surface area contributed by atoms with Crippen LogP contribution in [0.4, 0.5) is 0 Å². The van der Waals surface area contributed by atoms with Gasteiger partial charge in [-0.25, -0.2) is 0 Å². The van der Waals surface area contributed by atoms with Crippen molar-refractivity contribution in [3.63, 3.8) is 0 Å². The Morgan fingerprint density at radius 2 is 1.67 bits per heavy atom. The van der Waals surface area contributed by atoms with Crippen LogP contribution in [-0.4, -0.2) is 45.4 Å². The molecule has 0 aromatic rings. The molecule has 5 aliphatic rings. The number of carbonyl (C=O) groups is 1. The van der Waals surface area contributed by atoms with Crippen LogP contribution in [-0.2, 0) is 4.79 Å². The second-order valence-electron chi connectivity index (χ2n) is 14.2. The van der Waals surface area contributed by atoms with Crippen LogP contribution in [0.15, 0.2) is 17.3 Å². The van der Waals surface area contributed by atoms with Crippen LogP contribution >= 0.6 is 0 Å². The molecule has 0 aromatic carbocycles. The molecule has 5 saturated carbocycles. The van der Waals surface area contributed by atoms with Gasteiger partial charge in [-0.05, 0) is 116 Å². The summed E-state index contributed by atoms with van der Waals surface area (Å²) >= 11 is 0. The van der Waals surface area contributed by atoms with E-state index in [0.29, 0.717) is 24.7 Å². The lowest BCUT2D eigenvalue weighted by atomic mass is 9.32. The molecule has 6 nitrogen and oxygen atoms in total. The van der Waals surface area contributed by atoms with E-state index in [2.05, 4.69) is 39.4 Å². The minimum Gasteiger partial charge on any atom is -0.481 e. The molecule has 10 atom stereocenters. The van der Waals surface area contributed by atoms with Crippen LogP contribution in [0, 0.1) is 56.7 Å². The molecule has 4 N–H and O–H groups in total. The number of hydrogen-bond acceptors (Lipinski definition) is 5. The molecular weight excluding hydrogens is 454 g/mol. The number of fused-ring (bicyclic) bond motifs is 7. The first kappa shape index (κ1) is 26.2. The minimum absolute atomic E-state index is 0.00410. The van der Waals surface area contributed by atoms with Crippen molar-refractivity contribution < 1.29 is 25.3 Å². The number of aliphatic hydroxyl groups is 2. The number of rotatable bonds is 4. The van der Waals surface area contributed by atoms with Crippen LogP contribution in [0.2, 0.25) is 0 Å². The van der Waals surface area contributed by atoms with Gasteiger partial charge in [0.05, 0.1) is 24.3 Å². The van der Waals surface area contributed by atoms with Gasteiger partial charge >= 0.3 is 5.97 Å². The monoisotopic (exact) mass is 501 g/mol. The third-order valence-electron chi connectivity index (χ3n) is 13.6. The summed E-state index contributed by atoms with van der Waals surface area (Å²) in [5.41, 5.74) is 0.507. The van der Waals surface area contributed by atoms with Crippen LogP contribution in [0.5, 0.6) is 0 Å². The van der Waals surface area contributed by atoms with Crippen molar-refractivity contribution in [2.75, 3.05) is 13.2 Å². The second-order valence-corrected chi connectivity index (χ2v) is 14.2. The van der Waals surface area contributed by atoms with Crippen LogP contribution in [0.3, 0.4) is 0 Å². The lowest BCUT2D eigenvalue weighted by molar-refractivity contribution is -0.232. The molecule has 6 heteroatoms. The third kappa shape index (κ3) is 2.98. The van der Waals surface area contributed by atoms with Gasteiger partial charge in [0.25, 0.3) is 0 Å². The van der Waals surface area contributed by atoms with Gasteiger partial charge in [-0.1, -0.05) is 39.4 Å². The molecule has 0 bridgehead atoms. The average Bonchev–Trinajstić information content (AvgIpc) is 3.25. The molecule has 0 radical (unpaired) electrons. The molecule has 0 amide bonds. The van der Waals surface area contributed by atoms with Gasteiger partial charge < -0.3 is 20.5 Å². The van der Waals surface area contributed by atoms with E-state index in [1.165, 1.54) is 0 Å². The van der Waals surface area contributed by atoms with Gasteiger partial charge in [-0.15, -0.1) is 0 Å². The Morgan fingerprint density at radius 3 is 2.28 bits per heavy atom. The average molecular weight is 502 g/mol. The molecule has 0 saturated heterocycles. The van der Waals surface area contributed by atoms with Crippen LogP contribution in [0.1, 0.15) is 91.9 Å². The van der Waals surface area contributed by atoms with Gasteiger partial charge in [-0.3, -0.25) is 4.79 Å². The zero-order valence-corrected chi connectivity index (χ0v) is 22.7. The fraction of sp³-hybridized carbons (Fsp3) is 0.867. The zero-order chi connectivity index (χ0) is 26.3. The minimum atomic E-state index is -0.690. The summed E-state index contributed by atoms with van der Waals surface area (Å²) in [7, 11) is 0. The fourth-order valence-electron chi connectivity index (χ4n) is 11.5. The molecule has 0 aliphatic heterocycles. The molecule has 202 valence electrons.